The molecule has 0 heterocycles. The van der Waals surface area contributed by atoms with Gasteiger partial charge in [-0.25, -0.2) is 8.42 Å². The molecule has 1 aromatic rings. The highest BCUT2D eigenvalue weighted by molar-refractivity contribution is 7.92. The van der Waals surface area contributed by atoms with Crippen LogP contribution in [0.15, 0.2) is 18.2 Å². The summed E-state index contributed by atoms with van der Waals surface area (Å²) in [5.74, 6) is 1.14. The van der Waals surface area contributed by atoms with Crippen molar-refractivity contribution in [2.75, 3.05) is 25.7 Å². The van der Waals surface area contributed by atoms with Crippen molar-refractivity contribution in [2.24, 2.45) is 0 Å². The average Bonchev–Trinajstić information content (AvgIpc) is 2.37. The summed E-state index contributed by atoms with van der Waals surface area (Å²) in [4.78, 5) is 11.9. The lowest BCUT2D eigenvalue weighted by Gasteiger charge is -2.09. The number of rotatable bonds is 6. The third-order valence-corrected chi connectivity index (χ3v) is 3.67. The molecule has 1 aromatic carbocycles. The zero-order chi connectivity index (χ0) is 14.5. The molecule has 0 spiro atoms. The molecule has 5 nitrogen and oxygen atoms in total. The molecular weight excluding hydrogens is 268 g/mol. The van der Waals surface area contributed by atoms with Gasteiger partial charge in [0.1, 0.15) is 23.0 Å². The number of benzene rings is 1. The van der Waals surface area contributed by atoms with Gasteiger partial charge in [-0.05, 0) is 12.1 Å². The summed E-state index contributed by atoms with van der Waals surface area (Å²) in [6, 6.07) is 4.54. The van der Waals surface area contributed by atoms with Crippen molar-refractivity contribution in [3.8, 4) is 23.8 Å². The largest absolute Gasteiger partial charge is 0.497 e. The van der Waals surface area contributed by atoms with E-state index in [-0.39, 0.29) is 11.3 Å². The van der Waals surface area contributed by atoms with E-state index in [1.165, 1.54) is 26.4 Å². The fraction of sp³-hybridized carbons (Fsp3) is 0.308. The van der Waals surface area contributed by atoms with E-state index in [9.17, 15) is 13.2 Å². The lowest BCUT2D eigenvalue weighted by Crippen LogP contribution is -2.19. The number of carbonyl (C=O) groups is 1. The molecule has 0 fully saturated rings. The summed E-state index contributed by atoms with van der Waals surface area (Å²) in [5.41, 5.74) is 0.184. The second-order valence-electron chi connectivity index (χ2n) is 3.73. The number of carbonyl (C=O) groups excluding carboxylic acids is 1. The molecular formula is C13H14O5S. The number of ketones is 1. The molecule has 102 valence electrons. The molecule has 0 amide bonds. The van der Waals surface area contributed by atoms with Crippen LogP contribution in [0.4, 0.5) is 0 Å². The van der Waals surface area contributed by atoms with Crippen LogP contribution in [-0.4, -0.2) is 39.9 Å². The van der Waals surface area contributed by atoms with Gasteiger partial charge in [0.05, 0.1) is 19.8 Å². The fourth-order valence-electron chi connectivity index (χ4n) is 1.48. The number of hydrogen-bond acceptors (Lipinski definition) is 5. The monoisotopic (exact) mass is 282 g/mol. The van der Waals surface area contributed by atoms with Crippen LogP contribution in [0.3, 0.4) is 0 Å². The molecule has 0 aliphatic rings. The average molecular weight is 282 g/mol. The molecule has 0 saturated carbocycles. The van der Waals surface area contributed by atoms with Crippen LogP contribution in [0, 0.1) is 12.3 Å². The normalized spacial score (nSPS) is 10.6. The highest BCUT2D eigenvalue weighted by atomic mass is 32.2. The summed E-state index contributed by atoms with van der Waals surface area (Å²) in [5, 5.41) is 0. The topological polar surface area (TPSA) is 69.7 Å². The van der Waals surface area contributed by atoms with Gasteiger partial charge in [0.25, 0.3) is 0 Å². The van der Waals surface area contributed by atoms with Gasteiger partial charge in [-0.2, -0.15) is 0 Å². The van der Waals surface area contributed by atoms with Crippen molar-refractivity contribution in [3.05, 3.63) is 23.8 Å². The van der Waals surface area contributed by atoms with Crippen molar-refractivity contribution in [1.29, 1.82) is 0 Å². The summed E-state index contributed by atoms with van der Waals surface area (Å²) >= 11 is 0. The van der Waals surface area contributed by atoms with E-state index in [1.807, 2.05) is 5.92 Å². The van der Waals surface area contributed by atoms with Crippen molar-refractivity contribution >= 4 is 15.6 Å². The highest BCUT2D eigenvalue weighted by Crippen LogP contribution is 2.25. The van der Waals surface area contributed by atoms with Crippen LogP contribution in [0.2, 0.25) is 0 Å². The van der Waals surface area contributed by atoms with E-state index < -0.39 is 27.1 Å². The van der Waals surface area contributed by atoms with Gasteiger partial charge >= 0.3 is 0 Å². The molecule has 0 bridgehead atoms. The number of hydrogen-bond donors (Lipinski definition) is 0. The Kier molecular flexibility index (Phi) is 4.95. The maximum Gasteiger partial charge on any atom is 0.181 e. The number of terminal acetylenes is 1. The standard InChI is InChI=1S/C13H14O5S/c1-4-7-19(15,16)9-12(14)11-6-5-10(17-2)8-13(11)18-3/h1,5-6,8H,7,9H2,2-3H3. The second kappa shape index (κ2) is 6.25. The first-order chi connectivity index (χ1) is 8.93. The van der Waals surface area contributed by atoms with Gasteiger partial charge in [-0.1, -0.05) is 5.92 Å². The molecule has 0 atom stereocenters. The van der Waals surface area contributed by atoms with E-state index in [1.54, 1.807) is 6.07 Å². The number of Topliss-reactive ketones (excluding diaryl/α,β-unsaturated/α-hetero) is 1. The number of ether oxygens (including phenoxy) is 2. The number of sulfone groups is 1. The maximum atomic E-state index is 11.9. The zero-order valence-electron chi connectivity index (χ0n) is 10.7. The quantitative estimate of drug-likeness (QED) is 0.573. The minimum Gasteiger partial charge on any atom is -0.497 e. The van der Waals surface area contributed by atoms with Crippen molar-refractivity contribution < 1.29 is 22.7 Å². The van der Waals surface area contributed by atoms with Crippen LogP contribution in [0.1, 0.15) is 10.4 Å². The lowest BCUT2D eigenvalue weighted by molar-refractivity contribution is 0.101. The van der Waals surface area contributed by atoms with Gasteiger partial charge < -0.3 is 9.47 Å². The van der Waals surface area contributed by atoms with Crippen LogP contribution in [0.5, 0.6) is 11.5 Å². The summed E-state index contributed by atoms with van der Waals surface area (Å²) < 4.78 is 33.1. The summed E-state index contributed by atoms with van der Waals surface area (Å²) in [6.07, 6.45) is 4.94. The van der Waals surface area contributed by atoms with Gasteiger partial charge in [0.15, 0.2) is 15.6 Å². The molecule has 0 aliphatic carbocycles. The first-order valence-corrected chi connectivity index (χ1v) is 7.14. The Morgan fingerprint density at radius 3 is 2.53 bits per heavy atom. The molecule has 0 N–H and O–H groups in total. The Hall–Kier alpha value is -2.00. The third-order valence-electron chi connectivity index (χ3n) is 2.36. The maximum absolute atomic E-state index is 11.9. The van der Waals surface area contributed by atoms with Crippen LogP contribution in [0.25, 0.3) is 0 Å². The Morgan fingerprint density at radius 2 is 2.00 bits per heavy atom. The van der Waals surface area contributed by atoms with Gasteiger partial charge in [-0.15, -0.1) is 6.42 Å². The van der Waals surface area contributed by atoms with Gasteiger partial charge in [0, 0.05) is 6.07 Å². The van der Waals surface area contributed by atoms with E-state index >= 15 is 0 Å². The molecule has 0 aliphatic heterocycles. The summed E-state index contributed by atoms with van der Waals surface area (Å²) in [6.45, 7) is 0. The lowest BCUT2D eigenvalue weighted by atomic mass is 10.1. The molecule has 19 heavy (non-hydrogen) atoms. The molecule has 1 rings (SSSR count). The van der Waals surface area contributed by atoms with Crippen LogP contribution < -0.4 is 9.47 Å². The van der Waals surface area contributed by atoms with Crippen molar-refractivity contribution in [2.45, 2.75) is 0 Å². The van der Waals surface area contributed by atoms with Gasteiger partial charge in [0.2, 0.25) is 0 Å². The Labute approximate surface area is 112 Å². The van der Waals surface area contributed by atoms with Crippen LogP contribution >= 0.6 is 0 Å². The Morgan fingerprint density at radius 1 is 1.32 bits per heavy atom. The molecule has 0 radical (unpaired) electrons. The minimum atomic E-state index is -3.59. The minimum absolute atomic E-state index is 0.184. The second-order valence-corrected chi connectivity index (χ2v) is 5.79. The third kappa shape index (κ3) is 4.00. The zero-order valence-corrected chi connectivity index (χ0v) is 11.5. The first-order valence-electron chi connectivity index (χ1n) is 5.32. The highest BCUT2D eigenvalue weighted by Gasteiger charge is 2.20. The van der Waals surface area contributed by atoms with Crippen molar-refractivity contribution in [1.82, 2.24) is 0 Å². The fourth-order valence-corrected chi connectivity index (χ4v) is 2.40. The number of methoxy groups -OCH3 is 2. The first kappa shape index (κ1) is 15.1. The SMILES string of the molecule is C#CCS(=O)(=O)CC(=O)c1ccc(OC)cc1OC. The Balaban J connectivity index is 3.04. The van der Waals surface area contributed by atoms with Gasteiger partial charge in [-0.3, -0.25) is 4.79 Å². The molecule has 0 aromatic heterocycles. The van der Waals surface area contributed by atoms with E-state index in [4.69, 9.17) is 15.9 Å². The Bertz CT molecular complexity index is 610. The molecule has 6 heteroatoms. The van der Waals surface area contributed by atoms with Crippen LogP contribution in [-0.2, 0) is 9.84 Å². The predicted molar refractivity (Wildman–Crippen MR) is 71.4 cm³/mol. The van der Waals surface area contributed by atoms with Crippen molar-refractivity contribution in [3.63, 3.8) is 0 Å². The predicted octanol–water partition coefficient (Wildman–Crippen LogP) is 0.935. The summed E-state index contributed by atoms with van der Waals surface area (Å²) in [7, 11) is -0.722. The molecule has 0 saturated heterocycles. The van der Waals surface area contributed by atoms with E-state index in [0.29, 0.717) is 5.75 Å². The van der Waals surface area contributed by atoms with E-state index in [2.05, 4.69) is 0 Å². The smallest absolute Gasteiger partial charge is 0.181 e. The van der Waals surface area contributed by atoms with E-state index in [0.717, 1.165) is 0 Å². The molecule has 0 unspecified atom stereocenters.